The molecule has 0 atom stereocenters. The Morgan fingerprint density at radius 2 is 1.30 bits per heavy atom. The predicted molar refractivity (Wildman–Crippen MR) is 213 cm³/mol. The minimum absolute atomic E-state index is 0. The van der Waals surface area contributed by atoms with Crippen LogP contribution in [0, 0.1) is 17.9 Å². The van der Waals surface area contributed by atoms with E-state index in [0.29, 0.717) is 16.7 Å². The number of hydrogen-bond donors (Lipinski definition) is 0. The fourth-order valence-electron chi connectivity index (χ4n) is 6.43. The average Bonchev–Trinajstić information content (AvgIpc) is 3.54. The molecule has 267 valence electrons. The van der Waals surface area contributed by atoms with E-state index in [1.807, 2.05) is 103 Å². The third kappa shape index (κ3) is 7.93. The SMILES string of the molecule is CC(C)(C)c1c[c-]c(-c2ccccn2)c2oc3c(-c4ccc(-c5ccccc5)cc4)c(F)ccc3c12.CC(C)(C)c1ccc(-c2[c-]cccc2)nc1.[Ir]. The van der Waals surface area contributed by atoms with Gasteiger partial charge in [0.15, 0.2) is 0 Å². The standard InChI is InChI=1S/C33H25FNO.C15H16N.Ir/c1-33(2,3)26-18-16-24(28-11-7-8-20-35-28)31-30(26)25-17-19-27(34)29(32(25)36-31)23-14-12-22(13-15-23)21-9-5-4-6-10-21;1-15(2,3)13-9-10-14(16-11-13)12-7-5-4-6-8-12;/h4-15,17-20H,1-3H3;4-7,9-11H,1-3H3;/q2*-1;. The molecule has 5 aromatic carbocycles. The molecule has 0 saturated heterocycles. The molecule has 0 unspecified atom stereocenters. The van der Waals surface area contributed by atoms with Crippen molar-refractivity contribution < 1.29 is 28.9 Å². The van der Waals surface area contributed by atoms with Gasteiger partial charge in [0.25, 0.3) is 0 Å². The zero-order valence-electron chi connectivity index (χ0n) is 30.8. The number of hydrogen-bond acceptors (Lipinski definition) is 3. The second-order valence-corrected chi connectivity index (χ2v) is 15.0. The molecule has 0 aliphatic heterocycles. The fraction of sp³-hybridized carbons (Fsp3) is 0.167. The number of pyridine rings is 2. The van der Waals surface area contributed by atoms with E-state index in [1.165, 1.54) is 5.56 Å². The summed E-state index contributed by atoms with van der Waals surface area (Å²) in [6, 6.07) is 48.0. The molecule has 3 aromatic heterocycles. The monoisotopic (exact) mass is 873 g/mol. The Morgan fingerprint density at radius 1 is 0.604 bits per heavy atom. The molecule has 0 aliphatic rings. The van der Waals surface area contributed by atoms with Gasteiger partial charge in [-0.3, -0.25) is 0 Å². The summed E-state index contributed by atoms with van der Waals surface area (Å²) in [5.41, 5.74) is 10.6. The van der Waals surface area contributed by atoms with Crippen LogP contribution in [0.2, 0.25) is 0 Å². The summed E-state index contributed by atoms with van der Waals surface area (Å²) < 4.78 is 22.0. The van der Waals surface area contributed by atoms with E-state index < -0.39 is 0 Å². The number of furan rings is 1. The molecule has 53 heavy (non-hydrogen) atoms. The minimum Gasteiger partial charge on any atom is -0.500 e. The van der Waals surface area contributed by atoms with Crippen LogP contribution in [0.5, 0.6) is 0 Å². The Labute approximate surface area is 325 Å². The van der Waals surface area contributed by atoms with Crippen LogP contribution in [0.4, 0.5) is 4.39 Å². The van der Waals surface area contributed by atoms with Gasteiger partial charge in [0.1, 0.15) is 11.4 Å². The van der Waals surface area contributed by atoms with Crippen molar-refractivity contribution in [2.75, 3.05) is 0 Å². The molecule has 3 nitrogen and oxygen atoms in total. The van der Waals surface area contributed by atoms with Crippen molar-refractivity contribution in [1.29, 1.82) is 0 Å². The number of benzene rings is 5. The second kappa shape index (κ2) is 15.4. The van der Waals surface area contributed by atoms with E-state index in [4.69, 9.17) is 4.42 Å². The van der Waals surface area contributed by atoms with Crippen LogP contribution >= 0.6 is 0 Å². The van der Waals surface area contributed by atoms with Crippen molar-refractivity contribution in [2.24, 2.45) is 0 Å². The topological polar surface area (TPSA) is 38.9 Å². The van der Waals surface area contributed by atoms with Crippen molar-refractivity contribution in [3.63, 3.8) is 0 Å². The van der Waals surface area contributed by atoms with Crippen LogP contribution in [-0.4, -0.2) is 9.97 Å². The van der Waals surface area contributed by atoms with Gasteiger partial charge in [-0.05, 0) is 62.7 Å². The van der Waals surface area contributed by atoms with Crippen molar-refractivity contribution in [1.82, 2.24) is 9.97 Å². The van der Waals surface area contributed by atoms with Gasteiger partial charge in [0, 0.05) is 37.9 Å². The Bertz CT molecular complexity index is 2440. The van der Waals surface area contributed by atoms with E-state index in [-0.39, 0.29) is 36.8 Å². The minimum atomic E-state index is -0.310. The van der Waals surface area contributed by atoms with Crippen LogP contribution in [-0.2, 0) is 30.9 Å². The van der Waals surface area contributed by atoms with E-state index in [9.17, 15) is 0 Å². The maximum atomic E-state index is 15.4. The first kappa shape index (κ1) is 37.5. The molecule has 8 aromatic rings. The van der Waals surface area contributed by atoms with Crippen LogP contribution < -0.4 is 0 Å². The van der Waals surface area contributed by atoms with Crippen LogP contribution in [0.3, 0.4) is 0 Å². The van der Waals surface area contributed by atoms with Crippen LogP contribution in [0.25, 0.3) is 66.7 Å². The van der Waals surface area contributed by atoms with Crippen LogP contribution in [0.1, 0.15) is 52.7 Å². The number of fused-ring (bicyclic) bond motifs is 3. The van der Waals surface area contributed by atoms with E-state index >= 15 is 4.39 Å². The summed E-state index contributed by atoms with van der Waals surface area (Å²) in [6.45, 7) is 13.1. The number of halogens is 1. The summed E-state index contributed by atoms with van der Waals surface area (Å²) in [5, 5.41) is 1.88. The Balaban J connectivity index is 0.000000238. The molecule has 8 rings (SSSR count). The molecular weight excluding hydrogens is 832 g/mol. The van der Waals surface area contributed by atoms with Gasteiger partial charge in [-0.1, -0.05) is 131 Å². The van der Waals surface area contributed by atoms with Gasteiger partial charge >= 0.3 is 0 Å². The van der Waals surface area contributed by atoms with E-state index in [0.717, 1.165) is 55.5 Å². The normalized spacial score (nSPS) is 11.5. The van der Waals surface area contributed by atoms with Crippen molar-refractivity contribution in [2.45, 2.75) is 52.4 Å². The van der Waals surface area contributed by atoms with Gasteiger partial charge in [0.05, 0.1) is 11.1 Å². The molecule has 0 aliphatic carbocycles. The maximum Gasteiger partial charge on any atom is 0.134 e. The van der Waals surface area contributed by atoms with Crippen LogP contribution in [0.15, 0.2) is 144 Å². The Kier molecular flexibility index (Phi) is 10.9. The molecule has 3 heterocycles. The first-order valence-corrected chi connectivity index (χ1v) is 17.6. The molecular formula is C48H41FIrN2O-2. The summed E-state index contributed by atoms with van der Waals surface area (Å²) in [5.74, 6) is -0.310. The molecule has 0 saturated carbocycles. The molecule has 0 N–H and O–H groups in total. The molecule has 0 amide bonds. The van der Waals surface area contributed by atoms with Crippen molar-refractivity contribution in [3.05, 3.63) is 169 Å². The first-order valence-electron chi connectivity index (χ1n) is 17.6. The Hall–Kier alpha value is -5.22. The molecule has 1 radical (unpaired) electrons. The van der Waals surface area contributed by atoms with Gasteiger partial charge < -0.3 is 14.4 Å². The zero-order chi connectivity index (χ0) is 36.5. The number of aromatic nitrogens is 2. The first-order chi connectivity index (χ1) is 25.0. The summed E-state index contributed by atoms with van der Waals surface area (Å²) >= 11 is 0. The smallest absolute Gasteiger partial charge is 0.134 e. The van der Waals surface area contributed by atoms with Gasteiger partial charge in [0.2, 0.25) is 0 Å². The zero-order valence-corrected chi connectivity index (χ0v) is 33.2. The quantitative estimate of drug-likeness (QED) is 0.165. The van der Waals surface area contributed by atoms with Gasteiger partial charge in [-0.2, -0.15) is 0 Å². The summed E-state index contributed by atoms with van der Waals surface area (Å²) in [6.07, 6.45) is 3.71. The molecule has 5 heteroatoms. The molecule has 0 spiro atoms. The van der Waals surface area contributed by atoms with E-state index in [1.54, 1.807) is 12.3 Å². The number of nitrogens with zero attached hydrogens (tertiary/aromatic N) is 2. The average molecular weight is 873 g/mol. The predicted octanol–water partition coefficient (Wildman–Crippen LogP) is 13.1. The second-order valence-electron chi connectivity index (χ2n) is 15.0. The van der Waals surface area contributed by atoms with E-state index in [2.05, 4.69) is 87.9 Å². The van der Waals surface area contributed by atoms with Gasteiger partial charge in [-0.15, -0.1) is 53.6 Å². The molecule has 0 fully saturated rings. The number of rotatable bonds is 4. The summed E-state index contributed by atoms with van der Waals surface area (Å²) in [7, 11) is 0. The maximum absolute atomic E-state index is 15.4. The summed E-state index contributed by atoms with van der Waals surface area (Å²) in [4.78, 5) is 9.02. The third-order valence-electron chi connectivity index (χ3n) is 9.29. The third-order valence-corrected chi connectivity index (χ3v) is 9.29. The Morgan fingerprint density at radius 3 is 1.92 bits per heavy atom. The van der Waals surface area contributed by atoms with Crippen molar-refractivity contribution >= 4 is 21.9 Å². The van der Waals surface area contributed by atoms with Gasteiger partial charge in [-0.25, -0.2) is 4.39 Å². The fourth-order valence-corrected chi connectivity index (χ4v) is 6.43. The largest absolute Gasteiger partial charge is 0.500 e. The van der Waals surface area contributed by atoms with Crippen molar-refractivity contribution in [3.8, 4) is 44.8 Å². The molecule has 0 bridgehead atoms.